The molecule has 136 valence electrons. The molecule has 0 saturated carbocycles. The van der Waals surface area contributed by atoms with Gasteiger partial charge in [-0.2, -0.15) is 0 Å². The first-order chi connectivity index (χ1) is 13.1. The molecule has 0 saturated heterocycles. The van der Waals surface area contributed by atoms with E-state index in [9.17, 15) is 4.79 Å². The van der Waals surface area contributed by atoms with Crippen LogP contribution in [0.5, 0.6) is 0 Å². The average molecular weight is 415 g/mol. The van der Waals surface area contributed by atoms with Crippen molar-refractivity contribution in [3.05, 3.63) is 57.7 Å². The summed E-state index contributed by atoms with van der Waals surface area (Å²) in [7, 11) is 0. The van der Waals surface area contributed by atoms with Gasteiger partial charge in [0.05, 0.1) is 22.9 Å². The third kappa shape index (κ3) is 3.32. The highest BCUT2D eigenvalue weighted by Gasteiger charge is 2.22. The Bertz CT molecular complexity index is 1120. The SMILES string of the molecule is CCOC(=O)c1sc2nc(-c3cccs3)cc(-c3ccc(Cl)cc3)c2c1N. The lowest BCUT2D eigenvalue weighted by Crippen LogP contribution is -2.04. The highest BCUT2D eigenvalue weighted by Crippen LogP contribution is 2.42. The van der Waals surface area contributed by atoms with Crippen LogP contribution in [0.25, 0.3) is 31.9 Å². The molecule has 7 heteroatoms. The lowest BCUT2D eigenvalue weighted by Gasteiger charge is -2.08. The van der Waals surface area contributed by atoms with Crippen LogP contribution in [-0.4, -0.2) is 17.6 Å². The number of thiophene rings is 2. The second-order valence-electron chi connectivity index (χ2n) is 5.78. The fraction of sp³-hybridized carbons (Fsp3) is 0.100. The van der Waals surface area contributed by atoms with E-state index in [4.69, 9.17) is 27.1 Å². The number of carbonyl (C=O) groups is 1. The molecule has 0 fully saturated rings. The topological polar surface area (TPSA) is 65.2 Å². The smallest absolute Gasteiger partial charge is 0.350 e. The number of carbonyl (C=O) groups excluding carboxylic acids is 1. The van der Waals surface area contributed by atoms with Crippen molar-refractivity contribution in [1.82, 2.24) is 4.98 Å². The number of fused-ring (bicyclic) bond motifs is 1. The monoisotopic (exact) mass is 414 g/mol. The molecule has 0 aliphatic carbocycles. The third-order valence-electron chi connectivity index (χ3n) is 4.09. The summed E-state index contributed by atoms with van der Waals surface area (Å²) in [5.74, 6) is -0.419. The number of nitrogens with two attached hydrogens (primary N) is 1. The number of pyridine rings is 1. The van der Waals surface area contributed by atoms with Gasteiger partial charge in [-0.25, -0.2) is 9.78 Å². The van der Waals surface area contributed by atoms with E-state index in [-0.39, 0.29) is 0 Å². The zero-order chi connectivity index (χ0) is 19.0. The number of ether oxygens (including phenoxy) is 1. The fourth-order valence-electron chi connectivity index (χ4n) is 2.88. The first-order valence-electron chi connectivity index (χ1n) is 8.28. The second kappa shape index (κ2) is 7.31. The van der Waals surface area contributed by atoms with E-state index in [2.05, 4.69) is 0 Å². The lowest BCUT2D eigenvalue weighted by atomic mass is 10.0. The number of nitrogens with zero attached hydrogens (tertiary/aromatic N) is 1. The summed E-state index contributed by atoms with van der Waals surface area (Å²) in [6.07, 6.45) is 0. The van der Waals surface area contributed by atoms with Gasteiger partial charge in [-0.1, -0.05) is 29.8 Å². The summed E-state index contributed by atoms with van der Waals surface area (Å²) in [6, 6.07) is 13.6. The molecule has 3 heterocycles. The van der Waals surface area contributed by atoms with Crippen molar-refractivity contribution >= 4 is 56.1 Å². The minimum Gasteiger partial charge on any atom is -0.462 e. The Morgan fingerprint density at radius 3 is 2.70 bits per heavy atom. The highest BCUT2D eigenvalue weighted by atomic mass is 35.5. The van der Waals surface area contributed by atoms with Gasteiger partial charge < -0.3 is 10.5 Å². The van der Waals surface area contributed by atoms with Crippen LogP contribution in [0.1, 0.15) is 16.6 Å². The summed E-state index contributed by atoms with van der Waals surface area (Å²) in [5.41, 5.74) is 9.49. The molecule has 3 aromatic heterocycles. The van der Waals surface area contributed by atoms with Crippen LogP contribution < -0.4 is 5.73 Å². The number of hydrogen-bond acceptors (Lipinski definition) is 6. The molecule has 4 aromatic rings. The lowest BCUT2D eigenvalue weighted by molar-refractivity contribution is 0.0533. The molecular formula is C20H15ClN2O2S2. The van der Waals surface area contributed by atoms with E-state index >= 15 is 0 Å². The number of benzene rings is 1. The molecule has 0 aliphatic rings. The maximum Gasteiger partial charge on any atom is 0.350 e. The molecule has 0 aliphatic heterocycles. The van der Waals surface area contributed by atoms with Crippen LogP contribution in [0.3, 0.4) is 0 Å². The van der Waals surface area contributed by atoms with Crippen molar-refractivity contribution in [2.75, 3.05) is 12.3 Å². The van der Waals surface area contributed by atoms with Gasteiger partial charge in [0.25, 0.3) is 0 Å². The van der Waals surface area contributed by atoms with Crippen molar-refractivity contribution < 1.29 is 9.53 Å². The Hall–Kier alpha value is -2.41. The predicted molar refractivity (Wildman–Crippen MR) is 114 cm³/mol. The Labute approximate surface area is 169 Å². The minimum atomic E-state index is -0.419. The first kappa shape index (κ1) is 18.0. The summed E-state index contributed by atoms with van der Waals surface area (Å²) in [6.45, 7) is 2.07. The van der Waals surface area contributed by atoms with E-state index in [1.54, 1.807) is 18.3 Å². The second-order valence-corrected chi connectivity index (χ2v) is 8.17. The molecule has 0 unspecified atom stereocenters. The van der Waals surface area contributed by atoms with Crippen LogP contribution >= 0.6 is 34.3 Å². The number of esters is 1. The van der Waals surface area contributed by atoms with Gasteiger partial charge in [-0.05, 0) is 47.7 Å². The maximum absolute atomic E-state index is 12.3. The molecule has 4 nitrogen and oxygen atoms in total. The molecule has 0 atom stereocenters. The van der Waals surface area contributed by atoms with Crippen molar-refractivity contribution in [1.29, 1.82) is 0 Å². The number of anilines is 1. The molecule has 0 radical (unpaired) electrons. The number of hydrogen-bond donors (Lipinski definition) is 1. The largest absolute Gasteiger partial charge is 0.462 e. The molecular weight excluding hydrogens is 400 g/mol. The van der Waals surface area contributed by atoms with E-state index in [1.165, 1.54) is 11.3 Å². The Balaban J connectivity index is 2.00. The predicted octanol–water partition coefficient (Wildman–Crippen LogP) is 6.10. The van der Waals surface area contributed by atoms with Crippen LogP contribution in [-0.2, 0) is 4.74 Å². The number of halogens is 1. The van der Waals surface area contributed by atoms with Crippen LogP contribution in [0.4, 0.5) is 5.69 Å². The van der Waals surface area contributed by atoms with Crippen molar-refractivity contribution in [3.8, 4) is 21.7 Å². The maximum atomic E-state index is 12.3. The van der Waals surface area contributed by atoms with E-state index in [0.29, 0.717) is 27.0 Å². The summed E-state index contributed by atoms with van der Waals surface area (Å²) < 4.78 is 5.15. The molecule has 27 heavy (non-hydrogen) atoms. The molecule has 2 N–H and O–H groups in total. The number of aromatic nitrogens is 1. The van der Waals surface area contributed by atoms with Gasteiger partial charge in [-0.3, -0.25) is 0 Å². The normalized spacial score (nSPS) is 11.0. The average Bonchev–Trinajstić information content (AvgIpc) is 3.30. The quantitative estimate of drug-likeness (QED) is 0.409. The first-order valence-corrected chi connectivity index (χ1v) is 10.4. The standard InChI is InChI=1S/C20H15ClN2O2S2/c1-2-25-20(24)18-17(22)16-13(11-5-7-12(21)8-6-11)10-14(23-19(16)27-18)15-4-3-9-26-15/h3-10H,2,22H2,1H3. The van der Waals surface area contributed by atoms with Gasteiger partial charge in [0.1, 0.15) is 9.71 Å². The Morgan fingerprint density at radius 1 is 1.26 bits per heavy atom. The van der Waals surface area contributed by atoms with Crippen LogP contribution in [0.2, 0.25) is 5.02 Å². The van der Waals surface area contributed by atoms with Crippen molar-refractivity contribution in [2.24, 2.45) is 0 Å². The molecule has 0 spiro atoms. The van der Waals surface area contributed by atoms with Crippen molar-refractivity contribution in [2.45, 2.75) is 6.92 Å². The number of rotatable bonds is 4. The Morgan fingerprint density at radius 2 is 2.04 bits per heavy atom. The summed E-state index contributed by atoms with van der Waals surface area (Å²) >= 11 is 8.92. The zero-order valence-corrected chi connectivity index (χ0v) is 16.8. The van der Waals surface area contributed by atoms with Gasteiger partial charge in [-0.15, -0.1) is 22.7 Å². The van der Waals surface area contributed by atoms with Crippen LogP contribution in [0, 0.1) is 0 Å². The molecule has 0 amide bonds. The van der Waals surface area contributed by atoms with Gasteiger partial charge in [0.2, 0.25) is 0 Å². The van der Waals surface area contributed by atoms with E-state index < -0.39 is 5.97 Å². The zero-order valence-electron chi connectivity index (χ0n) is 14.4. The van der Waals surface area contributed by atoms with E-state index in [0.717, 1.165) is 27.1 Å². The highest BCUT2D eigenvalue weighted by molar-refractivity contribution is 7.21. The summed E-state index contributed by atoms with van der Waals surface area (Å²) in [4.78, 5) is 19.2. The molecule has 0 bridgehead atoms. The van der Waals surface area contributed by atoms with Crippen LogP contribution in [0.15, 0.2) is 47.8 Å². The van der Waals surface area contributed by atoms with E-state index in [1.807, 2.05) is 47.8 Å². The molecule has 1 aromatic carbocycles. The van der Waals surface area contributed by atoms with Crippen molar-refractivity contribution in [3.63, 3.8) is 0 Å². The van der Waals surface area contributed by atoms with Gasteiger partial charge >= 0.3 is 5.97 Å². The van der Waals surface area contributed by atoms with Gasteiger partial charge in [0, 0.05) is 10.4 Å². The fourth-order valence-corrected chi connectivity index (χ4v) is 4.70. The minimum absolute atomic E-state index is 0.296. The summed E-state index contributed by atoms with van der Waals surface area (Å²) in [5, 5.41) is 3.44. The number of nitrogen functional groups attached to an aromatic ring is 1. The van der Waals surface area contributed by atoms with Gasteiger partial charge in [0.15, 0.2) is 0 Å². The molecule has 4 rings (SSSR count). The Kier molecular flexibility index (Phi) is 4.86. The third-order valence-corrected chi connectivity index (χ3v) is 6.31.